The van der Waals surface area contributed by atoms with Gasteiger partial charge in [-0.15, -0.1) is 0 Å². The topological polar surface area (TPSA) is 90.9 Å². The molecule has 0 aromatic rings. The van der Waals surface area contributed by atoms with E-state index in [1.54, 1.807) is 20.8 Å². The molecule has 1 amide bonds. The van der Waals surface area contributed by atoms with Crippen molar-refractivity contribution in [2.45, 2.75) is 42.9 Å². The van der Waals surface area contributed by atoms with E-state index in [9.17, 15) is 14.4 Å². The fraction of sp³-hybridized carbons (Fsp3) is 0.643. The molecule has 1 aliphatic rings. The molecule has 1 saturated heterocycles. The predicted molar refractivity (Wildman–Crippen MR) is 86.3 cm³/mol. The van der Waals surface area contributed by atoms with Crippen LogP contribution in [0.3, 0.4) is 0 Å². The first-order valence-electron chi connectivity index (χ1n) is 6.75. The Morgan fingerprint density at radius 2 is 2.18 bits per heavy atom. The number of halogens is 1. The van der Waals surface area contributed by atoms with Crippen LogP contribution in [0.5, 0.6) is 0 Å². The second kappa shape index (κ2) is 7.80. The van der Waals surface area contributed by atoms with Gasteiger partial charge in [-0.3, -0.25) is 4.79 Å². The highest BCUT2D eigenvalue weighted by atomic mass is 127. The van der Waals surface area contributed by atoms with Gasteiger partial charge in [0, 0.05) is 6.42 Å². The molecule has 0 aliphatic carbocycles. The van der Waals surface area contributed by atoms with Crippen LogP contribution in [0.2, 0.25) is 0 Å². The van der Waals surface area contributed by atoms with Crippen LogP contribution >= 0.6 is 22.6 Å². The second-order valence-electron chi connectivity index (χ2n) is 5.73. The third-order valence-electron chi connectivity index (χ3n) is 2.66. The Bertz CT molecular complexity index is 459. The standard InChI is InChI=1S/C14H20INO6/c1-5-6-20-12(18)10(8-7-9(15)21-11(8)17)16-13(19)22-14(2,3)4/h5,8-10H,1,6-7H2,2-4H3,(H,16,19)/t8-,9-,10+/m0/s1. The van der Waals surface area contributed by atoms with Crippen LogP contribution in [0.4, 0.5) is 4.79 Å². The summed E-state index contributed by atoms with van der Waals surface area (Å²) in [5, 5.41) is 2.40. The zero-order valence-electron chi connectivity index (χ0n) is 12.8. The zero-order chi connectivity index (χ0) is 16.9. The van der Waals surface area contributed by atoms with Crippen molar-refractivity contribution in [1.82, 2.24) is 5.32 Å². The first kappa shape index (κ1) is 18.7. The molecule has 1 fully saturated rings. The van der Waals surface area contributed by atoms with Crippen molar-refractivity contribution in [3.8, 4) is 0 Å². The van der Waals surface area contributed by atoms with E-state index in [0.717, 1.165) is 0 Å². The number of alkyl halides is 1. The van der Waals surface area contributed by atoms with E-state index in [4.69, 9.17) is 14.2 Å². The average molecular weight is 425 g/mol. The van der Waals surface area contributed by atoms with E-state index in [0.29, 0.717) is 6.42 Å². The molecule has 0 aromatic heterocycles. The van der Waals surface area contributed by atoms with Gasteiger partial charge in [-0.25, -0.2) is 9.59 Å². The Labute approximate surface area is 142 Å². The molecular formula is C14H20INO6. The quantitative estimate of drug-likeness (QED) is 0.238. The number of ether oxygens (including phenoxy) is 3. The third-order valence-corrected chi connectivity index (χ3v) is 3.42. The summed E-state index contributed by atoms with van der Waals surface area (Å²) in [6.07, 6.45) is 0.914. The smallest absolute Gasteiger partial charge is 0.408 e. The molecule has 0 aromatic carbocycles. The van der Waals surface area contributed by atoms with Gasteiger partial charge in [0.1, 0.15) is 18.2 Å². The molecule has 7 nitrogen and oxygen atoms in total. The summed E-state index contributed by atoms with van der Waals surface area (Å²) in [5.74, 6) is -2.07. The maximum absolute atomic E-state index is 12.1. The lowest BCUT2D eigenvalue weighted by molar-refractivity contribution is -0.152. The Morgan fingerprint density at radius 3 is 2.64 bits per heavy atom. The van der Waals surface area contributed by atoms with E-state index in [1.165, 1.54) is 6.08 Å². The largest absolute Gasteiger partial charge is 0.460 e. The minimum absolute atomic E-state index is 0.0131. The van der Waals surface area contributed by atoms with Crippen LogP contribution in [0, 0.1) is 5.92 Å². The summed E-state index contributed by atoms with van der Waals surface area (Å²) in [7, 11) is 0. The molecule has 0 saturated carbocycles. The summed E-state index contributed by atoms with van der Waals surface area (Å²) in [4.78, 5) is 35.8. The highest BCUT2D eigenvalue weighted by molar-refractivity contribution is 14.1. The van der Waals surface area contributed by atoms with Crippen LogP contribution in [0.25, 0.3) is 0 Å². The van der Waals surface area contributed by atoms with Gasteiger partial charge in [0.25, 0.3) is 0 Å². The number of carbonyl (C=O) groups is 3. The molecular weight excluding hydrogens is 405 g/mol. The van der Waals surface area contributed by atoms with Gasteiger partial charge in [-0.2, -0.15) is 0 Å². The van der Waals surface area contributed by atoms with Crippen LogP contribution in [0.1, 0.15) is 27.2 Å². The number of esters is 2. The number of hydrogen-bond acceptors (Lipinski definition) is 6. The van der Waals surface area contributed by atoms with Crippen molar-refractivity contribution in [3.63, 3.8) is 0 Å². The molecule has 22 heavy (non-hydrogen) atoms. The van der Waals surface area contributed by atoms with Gasteiger partial charge < -0.3 is 19.5 Å². The van der Waals surface area contributed by atoms with Crippen molar-refractivity contribution in [2.24, 2.45) is 5.92 Å². The van der Waals surface area contributed by atoms with Crippen molar-refractivity contribution in [3.05, 3.63) is 12.7 Å². The predicted octanol–water partition coefficient (Wildman–Crippen LogP) is 1.93. The van der Waals surface area contributed by atoms with Gasteiger partial charge in [0.15, 0.2) is 4.11 Å². The number of carbonyl (C=O) groups excluding carboxylic acids is 3. The molecule has 3 atom stereocenters. The van der Waals surface area contributed by atoms with E-state index < -0.39 is 35.6 Å². The third kappa shape index (κ3) is 5.82. The fourth-order valence-electron chi connectivity index (χ4n) is 1.82. The normalized spacial score (nSPS) is 22.5. The number of rotatable bonds is 5. The van der Waals surface area contributed by atoms with E-state index in [1.807, 2.05) is 22.6 Å². The summed E-state index contributed by atoms with van der Waals surface area (Å²) in [6, 6.07) is -1.15. The molecule has 0 spiro atoms. The van der Waals surface area contributed by atoms with Crippen LogP contribution in [-0.2, 0) is 23.8 Å². The molecule has 0 radical (unpaired) electrons. The Kier molecular flexibility index (Phi) is 6.64. The van der Waals surface area contributed by atoms with E-state index in [-0.39, 0.29) is 10.7 Å². The SMILES string of the molecule is C=CCOC(=O)[C@H](NC(=O)OC(C)(C)C)[C@@H]1C[C@@H](I)OC1=O. The lowest BCUT2D eigenvalue weighted by Crippen LogP contribution is -2.49. The second-order valence-corrected chi connectivity index (χ2v) is 7.12. The maximum atomic E-state index is 12.1. The van der Waals surface area contributed by atoms with Gasteiger partial charge in [-0.1, -0.05) is 12.7 Å². The minimum Gasteiger partial charge on any atom is -0.460 e. The number of cyclic esters (lactones) is 1. The average Bonchev–Trinajstić information content (AvgIpc) is 2.70. The first-order valence-corrected chi connectivity index (χ1v) is 8.00. The lowest BCUT2D eigenvalue weighted by Gasteiger charge is -2.24. The van der Waals surface area contributed by atoms with Crippen molar-refractivity contribution in [2.75, 3.05) is 6.61 Å². The zero-order valence-corrected chi connectivity index (χ0v) is 14.9. The Hall–Kier alpha value is -1.32. The van der Waals surface area contributed by atoms with E-state index in [2.05, 4.69) is 11.9 Å². The minimum atomic E-state index is -1.15. The van der Waals surface area contributed by atoms with Crippen LogP contribution < -0.4 is 5.32 Å². The van der Waals surface area contributed by atoms with Gasteiger partial charge >= 0.3 is 18.0 Å². The first-order chi connectivity index (χ1) is 10.1. The van der Waals surface area contributed by atoms with Crippen LogP contribution in [0.15, 0.2) is 12.7 Å². The summed E-state index contributed by atoms with van der Waals surface area (Å²) >= 11 is 1.95. The van der Waals surface area contributed by atoms with Gasteiger partial charge in [0.05, 0.1) is 5.92 Å². The number of hydrogen-bond donors (Lipinski definition) is 1. The van der Waals surface area contributed by atoms with Crippen LogP contribution in [-0.4, -0.2) is 40.4 Å². The summed E-state index contributed by atoms with van der Waals surface area (Å²) < 4.78 is 14.7. The van der Waals surface area contributed by atoms with Gasteiger partial charge in [-0.05, 0) is 43.4 Å². The van der Waals surface area contributed by atoms with Gasteiger partial charge in [0.2, 0.25) is 0 Å². The molecule has 1 N–H and O–H groups in total. The molecule has 1 aliphatic heterocycles. The van der Waals surface area contributed by atoms with E-state index >= 15 is 0 Å². The molecule has 8 heteroatoms. The number of amides is 1. The fourth-order valence-corrected chi connectivity index (χ4v) is 2.62. The van der Waals surface area contributed by atoms with Crippen molar-refractivity contribution in [1.29, 1.82) is 0 Å². The highest BCUT2D eigenvalue weighted by Gasteiger charge is 2.44. The Morgan fingerprint density at radius 1 is 1.55 bits per heavy atom. The monoisotopic (exact) mass is 425 g/mol. The molecule has 0 unspecified atom stereocenters. The molecule has 1 rings (SSSR count). The lowest BCUT2D eigenvalue weighted by atomic mass is 9.98. The highest BCUT2D eigenvalue weighted by Crippen LogP contribution is 2.28. The molecule has 0 bridgehead atoms. The van der Waals surface area contributed by atoms with Crippen molar-refractivity contribution < 1.29 is 28.6 Å². The Balaban J connectivity index is 2.82. The molecule has 124 valence electrons. The maximum Gasteiger partial charge on any atom is 0.408 e. The number of nitrogens with one attached hydrogen (secondary N) is 1. The van der Waals surface area contributed by atoms with Crippen molar-refractivity contribution >= 4 is 40.6 Å². The number of alkyl carbamates (subject to hydrolysis) is 1. The summed E-state index contributed by atoms with van der Waals surface area (Å²) in [6.45, 7) is 8.52. The molecule has 1 heterocycles. The summed E-state index contributed by atoms with van der Waals surface area (Å²) in [5.41, 5.74) is -0.721.